The minimum Gasteiger partial charge on any atom is -0.495 e. The van der Waals surface area contributed by atoms with Gasteiger partial charge in [0.1, 0.15) is 5.75 Å². The van der Waals surface area contributed by atoms with Crippen LogP contribution in [0.5, 0.6) is 5.75 Å². The number of hydrogen-bond donors (Lipinski definition) is 1. The van der Waals surface area contributed by atoms with Crippen molar-refractivity contribution in [3.63, 3.8) is 0 Å². The number of aromatic nitrogens is 4. The minimum absolute atomic E-state index is 0.304. The zero-order chi connectivity index (χ0) is 35.4. The molecule has 1 saturated heterocycles. The molecule has 3 heterocycles. The van der Waals surface area contributed by atoms with Gasteiger partial charge in [0.15, 0.2) is 11.2 Å². The number of carbonyl (C=O) groups is 1. The second-order valence-corrected chi connectivity index (χ2v) is 13.0. The van der Waals surface area contributed by atoms with E-state index >= 15 is 0 Å². The van der Waals surface area contributed by atoms with E-state index in [1.165, 1.54) is 82.2 Å². The maximum Gasteiger partial charge on any atom is 0.332 e. The smallest absolute Gasteiger partial charge is 0.332 e. The van der Waals surface area contributed by atoms with E-state index in [1.807, 2.05) is 22.8 Å². The summed E-state index contributed by atoms with van der Waals surface area (Å²) in [7, 11) is 4.83. The van der Waals surface area contributed by atoms with Crippen LogP contribution in [0.1, 0.15) is 96.8 Å². The SMILES string of the molecule is CCCCCCCCC=CCCCCCCCC(=O)O.COc1ccccc1N1CCN(CCn2cnc3c2c(=O)n(C)c(=O)n3C)CC1. The van der Waals surface area contributed by atoms with Crippen molar-refractivity contribution in [2.75, 3.05) is 44.7 Å². The Morgan fingerprint density at radius 3 is 2.08 bits per heavy atom. The average molecular weight is 681 g/mol. The summed E-state index contributed by atoms with van der Waals surface area (Å²) in [5, 5.41) is 8.51. The van der Waals surface area contributed by atoms with Crippen LogP contribution in [-0.4, -0.2) is 74.5 Å². The van der Waals surface area contributed by atoms with Crippen molar-refractivity contribution in [2.24, 2.45) is 14.1 Å². The molecule has 0 aliphatic carbocycles. The summed E-state index contributed by atoms with van der Waals surface area (Å²) in [4.78, 5) is 43.9. The van der Waals surface area contributed by atoms with Gasteiger partial charge in [0.2, 0.25) is 0 Å². The quantitative estimate of drug-likeness (QED) is 0.108. The van der Waals surface area contributed by atoms with Gasteiger partial charge in [-0.3, -0.25) is 23.6 Å². The van der Waals surface area contributed by atoms with Gasteiger partial charge < -0.3 is 19.3 Å². The molecule has 49 heavy (non-hydrogen) atoms. The van der Waals surface area contributed by atoms with Crippen LogP contribution in [-0.2, 0) is 25.4 Å². The Bertz CT molecular complexity index is 1550. The van der Waals surface area contributed by atoms with E-state index in [0.29, 0.717) is 24.1 Å². The molecule has 0 bridgehead atoms. The van der Waals surface area contributed by atoms with Crippen molar-refractivity contribution in [3.8, 4) is 5.75 Å². The zero-order valence-corrected chi connectivity index (χ0v) is 30.4. The summed E-state index contributed by atoms with van der Waals surface area (Å²) >= 11 is 0. The van der Waals surface area contributed by atoms with Gasteiger partial charge in [0.25, 0.3) is 5.56 Å². The fourth-order valence-electron chi connectivity index (χ4n) is 6.27. The lowest BCUT2D eigenvalue weighted by Crippen LogP contribution is -2.47. The number of fused-ring (bicyclic) bond motifs is 1. The number of aliphatic carboxylic acids is 1. The van der Waals surface area contributed by atoms with Crippen LogP contribution in [0, 0.1) is 0 Å². The zero-order valence-electron chi connectivity index (χ0n) is 30.4. The van der Waals surface area contributed by atoms with Crippen LogP contribution in [0.2, 0.25) is 0 Å². The molecule has 4 rings (SSSR count). The number of rotatable bonds is 20. The molecule has 1 aromatic carbocycles. The molecule has 2 aromatic heterocycles. The molecule has 3 aromatic rings. The molecular formula is C38H60N6O5. The third kappa shape index (κ3) is 12.8. The first kappa shape index (κ1) is 39.6. The summed E-state index contributed by atoms with van der Waals surface area (Å²) in [6.07, 6.45) is 22.9. The first-order chi connectivity index (χ1) is 23.8. The number of anilines is 1. The van der Waals surface area contributed by atoms with E-state index in [1.54, 1.807) is 20.5 Å². The lowest BCUT2D eigenvalue weighted by atomic mass is 10.1. The number of imidazole rings is 1. The number of piperazine rings is 1. The van der Waals surface area contributed by atoms with Crippen LogP contribution in [0.15, 0.2) is 52.3 Å². The van der Waals surface area contributed by atoms with Gasteiger partial charge in [-0.05, 0) is 44.2 Å². The highest BCUT2D eigenvalue weighted by Crippen LogP contribution is 2.28. The molecule has 11 heteroatoms. The highest BCUT2D eigenvalue weighted by molar-refractivity contribution is 5.70. The second kappa shape index (κ2) is 22.0. The number of allylic oxidation sites excluding steroid dienone is 2. The number of aryl methyl sites for hydroxylation is 1. The summed E-state index contributed by atoms with van der Waals surface area (Å²) in [5.74, 6) is 0.231. The third-order valence-electron chi connectivity index (χ3n) is 9.32. The number of carboxylic acids is 1. The first-order valence-electron chi connectivity index (χ1n) is 18.4. The van der Waals surface area contributed by atoms with Gasteiger partial charge in [-0.25, -0.2) is 9.78 Å². The Labute approximate surface area is 292 Å². The Balaban J connectivity index is 0.000000288. The molecule has 11 nitrogen and oxygen atoms in total. The maximum atomic E-state index is 12.6. The van der Waals surface area contributed by atoms with Crippen molar-refractivity contribution >= 4 is 22.8 Å². The monoisotopic (exact) mass is 680 g/mol. The Morgan fingerprint density at radius 2 is 1.45 bits per heavy atom. The minimum atomic E-state index is -0.664. The summed E-state index contributed by atoms with van der Waals surface area (Å²) in [5.41, 5.74) is 1.36. The predicted octanol–water partition coefficient (Wildman–Crippen LogP) is 6.37. The van der Waals surface area contributed by atoms with E-state index in [-0.39, 0.29) is 11.2 Å². The number of unbranched alkanes of at least 4 members (excludes halogenated alkanes) is 11. The Morgan fingerprint density at radius 1 is 0.837 bits per heavy atom. The van der Waals surface area contributed by atoms with E-state index in [2.05, 4.69) is 39.9 Å². The Kier molecular flexibility index (Phi) is 17.7. The standard InChI is InChI=1S/C20H26N6O3.C18H34O2/c1-22-18-17(19(27)23(2)20(22)28)26(14-21-18)13-10-24-8-11-25(12-9-24)15-6-4-5-7-16(15)29-3;1-2-3-4-5-6-7-8-9-10-11-12-13-14-15-16-17-18(19)20/h4-7,14H,8-13H2,1-3H3;9-10H,2-8,11-17H2,1H3,(H,19,20). The van der Waals surface area contributed by atoms with Gasteiger partial charge in [0.05, 0.1) is 19.1 Å². The lowest BCUT2D eigenvalue weighted by Gasteiger charge is -2.36. The summed E-state index contributed by atoms with van der Waals surface area (Å²) in [6.45, 7) is 7.43. The fourth-order valence-corrected chi connectivity index (χ4v) is 6.27. The molecule has 0 spiro atoms. The third-order valence-corrected chi connectivity index (χ3v) is 9.32. The first-order valence-corrected chi connectivity index (χ1v) is 18.4. The van der Waals surface area contributed by atoms with Crippen LogP contribution >= 0.6 is 0 Å². The molecule has 0 saturated carbocycles. The molecule has 272 valence electrons. The number of carboxylic acid groups (broad SMARTS) is 1. The number of methoxy groups -OCH3 is 1. The van der Waals surface area contributed by atoms with Gasteiger partial charge in [0, 0.05) is 59.8 Å². The molecule has 1 aliphatic rings. The van der Waals surface area contributed by atoms with E-state index in [4.69, 9.17) is 9.84 Å². The highest BCUT2D eigenvalue weighted by Gasteiger charge is 2.20. The number of para-hydroxylation sites is 2. The fraction of sp³-hybridized carbons (Fsp3) is 0.632. The van der Waals surface area contributed by atoms with Gasteiger partial charge in [-0.15, -0.1) is 0 Å². The van der Waals surface area contributed by atoms with E-state index in [0.717, 1.165) is 61.6 Å². The molecule has 1 N–H and O–H groups in total. The van der Waals surface area contributed by atoms with Crippen LogP contribution in [0.25, 0.3) is 11.2 Å². The summed E-state index contributed by atoms with van der Waals surface area (Å²) in [6, 6.07) is 8.09. The van der Waals surface area contributed by atoms with E-state index < -0.39 is 5.97 Å². The molecular weight excluding hydrogens is 620 g/mol. The van der Waals surface area contributed by atoms with Crippen LogP contribution < -0.4 is 20.9 Å². The van der Waals surface area contributed by atoms with Gasteiger partial charge >= 0.3 is 11.7 Å². The molecule has 0 radical (unpaired) electrons. The molecule has 0 atom stereocenters. The number of ether oxygens (including phenoxy) is 1. The van der Waals surface area contributed by atoms with E-state index in [9.17, 15) is 14.4 Å². The normalized spacial score (nSPS) is 13.6. The van der Waals surface area contributed by atoms with Gasteiger partial charge in [-0.1, -0.05) is 82.6 Å². The number of hydrogen-bond acceptors (Lipinski definition) is 7. The average Bonchev–Trinajstić information content (AvgIpc) is 3.55. The van der Waals surface area contributed by atoms with Crippen LogP contribution in [0.4, 0.5) is 5.69 Å². The lowest BCUT2D eigenvalue weighted by molar-refractivity contribution is -0.137. The largest absolute Gasteiger partial charge is 0.495 e. The molecule has 0 amide bonds. The maximum absolute atomic E-state index is 12.6. The van der Waals surface area contributed by atoms with Crippen molar-refractivity contribution in [2.45, 2.75) is 103 Å². The topological polar surface area (TPSA) is 115 Å². The summed E-state index contributed by atoms with van der Waals surface area (Å²) < 4.78 is 9.88. The van der Waals surface area contributed by atoms with Crippen molar-refractivity contribution in [1.29, 1.82) is 0 Å². The van der Waals surface area contributed by atoms with Crippen molar-refractivity contribution < 1.29 is 14.6 Å². The van der Waals surface area contributed by atoms with Crippen LogP contribution in [0.3, 0.4) is 0 Å². The number of benzene rings is 1. The van der Waals surface area contributed by atoms with Gasteiger partial charge in [-0.2, -0.15) is 0 Å². The molecule has 0 unspecified atom stereocenters. The van der Waals surface area contributed by atoms with Crippen molar-refractivity contribution in [3.05, 3.63) is 63.6 Å². The van der Waals surface area contributed by atoms with Crippen molar-refractivity contribution in [1.82, 2.24) is 23.6 Å². The second-order valence-electron chi connectivity index (χ2n) is 13.0. The molecule has 1 fully saturated rings. The highest BCUT2D eigenvalue weighted by atomic mass is 16.5. The Hall–Kier alpha value is -3.86. The molecule has 1 aliphatic heterocycles. The number of nitrogens with zero attached hydrogens (tertiary/aromatic N) is 6. The predicted molar refractivity (Wildman–Crippen MR) is 199 cm³/mol.